The molecule has 1 aromatic heterocycles. The third-order valence-corrected chi connectivity index (χ3v) is 4.93. The van der Waals surface area contributed by atoms with Crippen LogP contribution in [0.5, 0.6) is 17.2 Å². The van der Waals surface area contributed by atoms with Gasteiger partial charge in [-0.1, -0.05) is 6.58 Å². The van der Waals surface area contributed by atoms with Crippen molar-refractivity contribution in [3.05, 3.63) is 59.9 Å². The van der Waals surface area contributed by atoms with Crippen molar-refractivity contribution in [2.75, 3.05) is 6.61 Å². The lowest BCUT2D eigenvalue weighted by Gasteiger charge is -2.34. The van der Waals surface area contributed by atoms with E-state index in [1.165, 1.54) is 12.1 Å². The van der Waals surface area contributed by atoms with E-state index < -0.39 is 11.7 Å². The summed E-state index contributed by atoms with van der Waals surface area (Å²) in [7, 11) is 0. The number of aromatic hydroxyl groups is 1. The third kappa shape index (κ3) is 1.81. The van der Waals surface area contributed by atoms with Crippen LogP contribution in [0.25, 0.3) is 16.5 Å². The number of fused-ring (bicyclic) bond motifs is 7. The number of phenolic OH excluding ortho intramolecular Hbond substituents is 1. The predicted octanol–water partition coefficient (Wildman–Crippen LogP) is 3.89. The van der Waals surface area contributed by atoms with Crippen LogP contribution in [0.3, 0.4) is 0 Å². The summed E-state index contributed by atoms with van der Waals surface area (Å²) >= 11 is 0. The number of aliphatic hydroxyl groups is 1. The minimum Gasteiger partial charge on any atom is -0.508 e. The Balaban J connectivity index is 1.69. The van der Waals surface area contributed by atoms with E-state index >= 15 is 0 Å². The number of ether oxygens (including phenoxy) is 2. The van der Waals surface area contributed by atoms with E-state index in [9.17, 15) is 10.2 Å². The smallest absolute Gasteiger partial charge is 0.168 e. The van der Waals surface area contributed by atoms with Crippen LogP contribution in [0.2, 0.25) is 0 Å². The quantitative estimate of drug-likeness (QED) is 0.705. The summed E-state index contributed by atoms with van der Waals surface area (Å²) in [6.45, 7) is 5.86. The lowest BCUT2D eigenvalue weighted by Crippen LogP contribution is -2.41. The fourth-order valence-corrected chi connectivity index (χ4v) is 3.67. The average molecular weight is 336 g/mol. The van der Waals surface area contributed by atoms with Crippen LogP contribution in [0.4, 0.5) is 0 Å². The summed E-state index contributed by atoms with van der Waals surface area (Å²) in [5, 5.41) is 21.7. The number of allylic oxidation sites excluding steroid dienone is 1. The van der Waals surface area contributed by atoms with E-state index in [2.05, 4.69) is 6.58 Å². The fraction of sp³-hybridized carbons (Fsp3) is 0.200. The number of phenols is 1. The Hall–Kier alpha value is -2.92. The van der Waals surface area contributed by atoms with Gasteiger partial charge in [0.15, 0.2) is 11.7 Å². The third-order valence-electron chi connectivity index (χ3n) is 4.93. The van der Waals surface area contributed by atoms with Gasteiger partial charge in [-0.05, 0) is 42.8 Å². The Morgan fingerprint density at radius 1 is 1.24 bits per heavy atom. The molecule has 2 atom stereocenters. The zero-order valence-corrected chi connectivity index (χ0v) is 13.6. The van der Waals surface area contributed by atoms with Gasteiger partial charge < -0.3 is 24.1 Å². The highest BCUT2D eigenvalue weighted by atomic mass is 16.5. The molecule has 126 valence electrons. The average Bonchev–Trinajstić information content (AvgIpc) is 3.13. The number of rotatable bonds is 1. The van der Waals surface area contributed by atoms with Crippen molar-refractivity contribution in [3.63, 3.8) is 0 Å². The summed E-state index contributed by atoms with van der Waals surface area (Å²) in [6.07, 6.45) is -0.597. The van der Waals surface area contributed by atoms with Gasteiger partial charge in [0.05, 0.1) is 5.39 Å². The Morgan fingerprint density at radius 2 is 2.08 bits per heavy atom. The molecule has 5 nitrogen and oxygen atoms in total. The van der Waals surface area contributed by atoms with Crippen LogP contribution in [0.15, 0.2) is 47.4 Å². The molecule has 0 aliphatic carbocycles. The second kappa shape index (κ2) is 4.58. The molecule has 25 heavy (non-hydrogen) atoms. The first-order valence-corrected chi connectivity index (χ1v) is 8.05. The van der Waals surface area contributed by atoms with Gasteiger partial charge in [0, 0.05) is 17.2 Å². The molecule has 2 aliphatic rings. The molecule has 2 N–H and O–H groups in total. The first-order valence-electron chi connectivity index (χ1n) is 8.05. The summed E-state index contributed by atoms with van der Waals surface area (Å²) in [6, 6.07) is 10.3. The molecule has 0 bridgehead atoms. The van der Waals surface area contributed by atoms with E-state index in [-0.39, 0.29) is 12.4 Å². The van der Waals surface area contributed by atoms with Gasteiger partial charge in [-0.15, -0.1) is 0 Å². The highest BCUT2D eigenvalue weighted by Gasteiger charge is 2.53. The van der Waals surface area contributed by atoms with Crippen molar-refractivity contribution in [3.8, 4) is 17.2 Å². The normalized spacial score (nSPS) is 23.4. The molecule has 0 saturated carbocycles. The van der Waals surface area contributed by atoms with E-state index in [0.29, 0.717) is 28.4 Å². The molecular formula is C20H16O5. The molecule has 0 amide bonds. The first kappa shape index (κ1) is 14.4. The van der Waals surface area contributed by atoms with Crippen molar-refractivity contribution < 1.29 is 24.1 Å². The molecule has 0 saturated heterocycles. The van der Waals surface area contributed by atoms with Gasteiger partial charge in [-0.2, -0.15) is 0 Å². The molecule has 5 heteroatoms. The summed E-state index contributed by atoms with van der Waals surface area (Å²) < 4.78 is 17.7. The van der Waals surface area contributed by atoms with Crippen LogP contribution >= 0.6 is 0 Å². The standard InChI is InChI=1S/C20H16O5/c1-10(2)16-8-13-15(24-16)6-4-12-18(13)23-9-20(22)14-5-3-11(21)7-17(14)25-19(12)20/h3-8,19,21-22H,1,9H2,2H3/t19-,20-/m0/s1. The van der Waals surface area contributed by atoms with E-state index in [1.54, 1.807) is 6.07 Å². The zero-order chi connectivity index (χ0) is 17.3. The van der Waals surface area contributed by atoms with Crippen LogP contribution in [-0.4, -0.2) is 16.8 Å². The Labute approximate surface area is 143 Å². The lowest BCUT2D eigenvalue weighted by molar-refractivity contribution is -0.0858. The van der Waals surface area contributed by atoms with Gasteiger partial charge in [0.2, 0.25) is 0 Å². The monoisotopic (exact) mass is 336 g/mol. The molecule has 3 aromatic rings. The van der Waals surface area contributed by atoms with Crippen LogP contribution in [-0.2, 0) is 5.60 Å². The van der Waals surface area contributed by atoms with Gasteiger partial charge in [-0.3, -0.25) is 0 Å². The molecule has 0 fully saturated rings. The van der Waals surface area contributed by atoms with Crippen molar-refractivity contribution in [1.82, 2.24) is 0 Å². The molecular weight excluding hydrogens is 320 g/mol. The van der Waals surface area contributed by atoms with Gasteiger partial charge in [0.1, 0.15) is 35.2 Å². The number of benzene rings is 2. The summed E-state index contributed by atoms with van der Waals surface area (Å²) in [5.74, 6) is 1.92. The van der Waals surface area contributed by atoms with E-state index in [0.717, 1.165) is 16.5 Å². The maximum absolute atomic E-state index is 11.2. The largest absolute Gasteiger partial charge is 0.508 e. The van der Waals surface area contributed by atoms with Crippen molar-refractivity contribution in [1.29, 1.82) is 0 Å². The fourth-order valence-electron chi connectivity index (χ4n) is 3.67. The summed E-state index contributed by atoms with van der Waals surface area (Å²) in [4.78, 5) is 0. The Morgan fingerprint density at radius 3 is 2.88 bits per heavy atom. The van der Waals surface area contributed by atoms with Gasteiger partial charge in [-0.25, -0.2) is 0 Å². The second-order valence-corrected chi connectivity index (χ2v) is 6.68. The number of hydrogen-bond acceptors (Lipinski definition) is 5. The van der Waals surface area contributed by atoms with Crippen LogP contribution in [0, 0.1) is 0 Å². The highest BCUT2D eigenvalue weighted by molar-refractivity contribution is 5.89. The van der Waals surface area contributed by atoms with Crippen molar-refractivity contribution >= 4 is 16.5 Å². The maximum Gasteiger partial charge on any atom is 0.168 e. The van der Waals surface area contributed by atoms with Crippen LogP contribution in [0.1, 0.15) is 29.9 Å². The molecule has 5 rings (SSSR count). The SMILES string of the molecule is C=C(C)c1cc2c3c(ccc2o1)[C@@H]1Oc2cc(O)ccc2[C@@]1(O)CO3. The minimum absolute atomic E-state index is 0.0646. The van der Waals surface area contributed by atoms with Gasteiger partial charge in [0.25, 0.3) is 0 Å². The number of hydrogen-bond donors (Lipinski definition) is 2. The molecule has 2 aliphatic heterocycles. The molecule has 2 aromatic carbocycles. The molecule has 0 spiro atoms. The van der Waals surface area contributed by atoms with Crippen molar-refractivity contribution in [2.24, 2.45) is 0 Å². The van der Waals surface area contributed by atoms with E-state index in [1.807, 2.05) is 25.1 Å². The predicted molar refractivity (Wildman–Crippen MR) is 91.8 cm³/mol. The minimum atomic E-state index is -1.29. The molecule has 0 radical (unpaired) electrons. The lowest BCUT2D eigenvalue weighted by atomic mass is 9.84. The number of furan rings is 1. The zero-order valence-electron chi connectivity index (χ0n) is 13.6. The van der Waals surface area contributed by atoms with Crippen LogP contribution < -0.4 is 9.47 Å². The van der Waals surface area contributed by atoms with E-state index in [4.69, 9.17) is 13.9 Å². The Bertz CT molecular complexity index is 1050. The highest BCUT2D eigenvalue weighted by Crippen LogP contribution is 2.55. The van der Waals surface area contributed by atoms with Gasteiger partial charge >= 0.3 is 0 Å². The van der Waals surface area contributed by atoms with Crippen molar-refractivity contribution in [2.45, 2.75) is 18.6 Å². The first-order chi connectivity index (χ1) is 12.0. The maximum atomic E-state index is 11.2. The Kier molecular flexibility index (Phi) is 2.64. The second-order valence-electron chi connectivity index (χ2n) is 6.68. The molecule has 0 unspecified atom stereocenters. The summed E-state index contributed by atoms with van der Waals surface area (Å²) in [5.41, 5.74) is 1.62. The topological polar surface area (TPSA) is 72.1 Å². The molecule has 3 heterocycles.